The quantitative estimate of drug-likeness (QED) is 0.369. The molecule has 1 heterocycles. The number of ether oxygens (including phenoxy) is 2. The van der Waals surface area contributed by atoms with Crippen LogP contribution in [0.15, 0.2) is 5.38 Å². The van der Waals surface area contributed by atoms with Crippen molar-refractivity contribution in [1.82, 2.24) is 9.88 Å². The molecule has 0 aliphatic carbocycles. The number of carbonyl (C=O) groups is 2. The molecule has 0 aliphatic rings. The van der Waals surface area contributed by atoms with Gasteiger partial charge in [0.15, 0.2) is 5.69 Å². The molecule has 0 atom stereocenters. The Morgan fingerprint density at radius 2 is 2.14 bits per heavy atom. The summed E-state index contributed by atoms with van der Waals surface area (Å²) in [5.74, 6) is -0.687. The van der Waals surface area contributed by atoms with E-state index < -0.39 is 5.97 Å². The minimum atomic E-state index is -0.448. The molecule has 0 radical (unpaired) electrons. The van der Waals surface area contributed by atoms with E-state index in [2.05, 4.69) is 4.98 Å². The van der Waals surface area contributed by atoms with Crippen LogP contribution in [0.2, 0.25) is 0 Å². The van der Waals surface area contributed by atoms with Crippen LogP contribution in [-0.2, 0) is 20.8 Å². The first-order chi connectivity index (χ1) is 10.6. The molecule has 0 N–H and O–H groups in total. The van der Waals surface area contributed by atoms with Crippen molar-refractivity contribution in [2.75, 3.05) is 32.2 Å². The van der Waals surface area contributed by atoms with Crippen LogP contribution in [-0.4, -0.2) is 54.0 Å². The number of amides is 1. The lowest BCUT2D eigenvalue weighted by Crippen LogP contribution is -2.33. The van der Waals surface area contributed by atoms with E-state index in [1.54, 1.807) is 17.2 Å². The number of aromatic nitrogens is 1. The number of nitrogens with zero attached hydrogens (tertiary/aromatic N) is 2. The molecule has 22 heavy (non-hydrogen) atoms. The lowest BCUT2D eigenvalue weighted by Gasteiger charge is -2.20. The molecule has 0 saturated carbocycles. The number of esters is 1. The Morgan fingerprint density at radius 1 is 1.36 bits per heavy atom. The zero-order valence-corrected chi connectivity index (χ0v) is 14.4. The molecule has 1 aromatic heterocycles. The molecule has 0 aliphatic heterocycles. The molecule has 8 heteroatoms. The Bertz CT molecular complexity index is 481. The SMILES string of the molecule is CCOCCCN(Cc1nc(C(=O)OCC)cs1)C(=O)CCl. The molecule has 1 aromatic rings. The zero-order chi connectivity index (χ0) is 16.4. The summed E-state index contributed by atoms with van der Waals surface area (Å²) >= 11 is 6.96. The van der Waals surface area contributed by atoms with E-state index >= 15 is 0 Å². The molecule has 0 spiro atoms. The first kappa shape index (κ1) is 18.9. The fraction of sp³-hybridized carbons (Fsp3) is 0.643. The van der Waals surface area contributed by atoms with Crippen molar-refractivity contribution in [3.05, 3.63) is 16.1 Å². The number of hydrogen-bond donors (Lipinski definition) is 0. The van der Waals surface area contributed by atoms with E-state index in [0.29, 0.717) is 37.9 Å². The molecule has 0 bridgehead atoms. The molecular weight excluding hydrogens is 328 g/mol. The fourth-order valence-corrected chi connectivity index (χ4v) is 2.67. The van der Waals surface area contributed by atoms with Crippen LogP contribution in [0.1, 0.15) is 35.8 Å². The minimum absolute atomic E-state index is 0.0786. The average Bonchev–Trinajstić information content (AvgIpc) is 2.98. The van der Waals surface area contributed by atoms with Crippen LogP contribution in [0.3, 0.4) is 0 Å². The molecular formula is C14H21ClN2O4S. The van der Waals surface area contributed by atoms with Gasteiger partial charge in [-0.25, -0.2) is 9.78 Å². The van der Waals surface area contributed by atoms with Gasteiger partial charge in [0.1, 0.15) is 10.9 Å². The molecule has 0 unspecified atom stereocenters. The monoisotopic (exact) mass is 348 g/mol. The highest BCUT2D eigenvalue weighted by molar-refractivity contribution is 7.09. The second-order valence-corrected chi connectivity index (χ2v) is 5.56. The highest BCUT2D eigenvalue weighted by Gasteiger charge is 2.17. The maximum absolute atomic E-state index is 11.9. The van der Waals surface area contributed by atoms with Crippen LogP contribution >= 0.6 is 22.9 Å². The smallest absolute Gasteiger partial charge is 0.357 e. The lowest BCUT2D eigenvalue weighted by molar-refractivity contribution is -0.129. The second-order valence-electron chi connectivity index (χ2n) is 4.35. The molecule has 0 saturated heterocycles. The predicted octanol–water partition coefficient (Wildman–Crippen LogP) is 2.31. The molecule has 1 amide bonds. The Kier molecular flexibility index (Phi) is 9.03. The summed E-state index contributed by atoms with van der Waals surface area (Å²) in [7, 11) is 0. The maximum Gasteiger partial charge on any atom is 0.357 e. The summed E-state index contributed by atoms with van der Waals surface area (Å²) in [6.07, 6.45) is 0.729. The number of rotatable bonds is 10. The summed E-state index contributed by atoms with van der Waals surface area (Å²) in [5.41, 5.74) is 0.273. The van der Waals surface area contributed by atoms with E-state index in [-0.39, 0.29) is 17.5 Å². The van der Waals surface area contributed by atoms with Crippen molar-refractivity contribution >= 4 is 34.8 Å². The van der Waals surface area contributed by atoms with Gasteiger partial charge in [-0.2, -0.15) is 0 Å². The van der Waals surface area contributed by atoms with Crippen LogP contribution in [0.25, 0.3) is 0 Å². The van der Waals surface area contributed by atoms with Gasteiger partial charge in [-0.1, -0.05) is 0 Å². The zero-order valence-electron chi connectivity index (χ0n) is 12.8. The van der Waals surface area contributed by atoms with Gasteiger partial charge in [0, 0.05) is 25.1 Å². The van der Waals surface area contributed by atoms with Crippen molar-refractivity contribution in [3.63, 3.8) is 0 Å². The van der Waals surface area contributed by atoms with Crippen molar-refractivity contribution in [2.45, 2.75) is 26.8 Å². The Balaban J connectivity index is 2.61. The van der Waals surface area contributed by atoms with Gasteiger partial charge in [0.05, 0.1) is 13.2 Å². The average molecular weight is 349 g/mol. The third-order valence-electron chi connectivity index (χ3n) is 2.75. The van der Waals surface area contributed by atoms with Crippen LogP contribution in [0.4, 0.5) is 0 Å². The van der Waals surface area contributed by atoms with Crippen LogP contribution in [0, 0.1) is 0 Å². The molecule has 6 nitrogen and oxygen atoms in total. The molecule has 0 aromatic carbocycles. The Morgan fingerprint density at radius 3 is 2.77 bits per heavy atom. The van der Waals surface area contributed by atoms with E-state index in [0.717, 1.165) is 6.42 Å². The van der Waals surface area contributed by atoms with Gasteiger partial charge < -0.3 is 14.4 Å². The van der Waals surface area contributed by atoms with Crippen LogP contribution in [0.5, 0.6) is 0 Å². The summed E-state index contributed by atoms with van der Waals surface area (Å²) in [6, 6.07) is 0. The van der Waals surface area contributed by atoms with E-state index in [1.807, 2.05) is 6.92 Å². The molecule has 0 fully saturated rings. The van der Waals surface area contributed by atoms with Gasteiger partial charge in [0.2, 0.25) is 5.91 Å². The molecule has 124 valence electrons. The second kappa shape index (κ2) is 10.5. The van der Waals surface area contributed by atoms with Gasteiger partial charge in [-0.3, -0.25) is 4.79 Å². The van der Waals surface area contributed by atoms with Crippen molar-refractivity contribution in [2.24, 2.45) is 0 Å². The summed E-state index contributed by atoms with van der Waals surface area (Å²) in [5, 5.41) is 2.31. The number of halogens is 1. The highest BCUT2D eigenvalue weighted by Crippen LogP contribution is 2.14. The number of carbonyl (C=O) groups excluding carboxylic acids is 2. The summed E-state index contributed by atoms with van der Waals surface area (Å²) < 4.78 is 10.2. The number of thiazole rings is 1. The third-order valence-corrected chi connectivity index (χ3v) is 3.81. The van der Waals surface area contributed by atoms with E-state index in [1.165, 1.54) is 11.3 Å². The highest BCUT2D eigenvalue weighted by atomic mass is 35.5. The Hall–Kier alpha value is -1.18. The van der Waals surface area contributed by atoms with Crippen LogP contribution < -0.4 is 0 Å². The normalized spacial score (nSPS) is 10.5. The predicted molar refractivity (Wildman–Crippen MR) is 85.3 cm³/mol. The van der Waals surface area contributed by atoms with Crippen molar-refractivity contribution in [3.8, 4) is 0 Å². The maximum atomic E-state index is 11.9. The summed E-state index contributed by atoms with van der Waals surface area (Å²) in [6.45, 7) is 6.09. The largest absolute Gasteiger partial charge is 0.461 e. The van der Waals surface area contributed by atoms with Crippen molar-refractivity contribution < 1.29 is 19.1 Å². The lowest BCUT2D eigenvalue weighted by atomic mass is 10.3. The minimum Gasteiger partial charge on any atom is -0.461 e. The standard InChI is InChI=1S/C14H21ClN2O4S/c1-3-20-7-5-6-17(13(18)8-15)9-12-16-11(10-22-12)14(19)21-4-2/h10H,3-9H2,1-2H3. The van der Waals surface area contributed by atoms with Gasteiger partial charge in [-0.15, -0.1) is 22.9 Å². The number of hydrogen-bond acceptors (Lipinski definition) is 6. The van der Waals surface area contributed by atoms with E-state index in [9.17, 15) is 9.59 Å². The summed E-state index contributed by atoms with van der Waals surface area (Å²) in [4.78, 5) is 29.3. The molecule has 1 rings (SSSR count). The van der Waals surface area contributed by atoms with E-state index in [4.69, 9.17) is 21.1 Å². The first-order valence-corrected chi connectivity index (χ1v) is 8.56. The number of alkyl halides is 1. The van der Waals surface area contributed by atoms with Crippen molar-refractivity contribution in [1.29, 1.82) is 0 Å². The Labute approximate surface area is 139 Å². The van der Waals surface area contributed by atoms with Gasteiger partial charge in [-0.05, 0) is 20.3 Å². The first-order valence-electron chi connectivity index (χ1n) is 7.15. The topological polar surface area (TPSA) is 68.7 Å². The third kappa shape index (κ3) is 6.29. The van der Waals surface area contributed by atoms with Gasteiger partial charge in [0.25, 0.3) is 0 Å². The van der Waals surface area contributed by atoms with Gasteiger partial charge >= 0.3 is 5.97 Å². The fourth-order valence-electron chi connectivity index (χ4n) is 1.72.